The van der Waals surface area contributed by atoms with Gasteiger partial charge < -0.3 is 5.32 Å². The minimum Gasteiger partial charge on any atom is -0.313 e. The molecule has 2 unspecified atom stereocenters. The largest absolute Gasteiger partial charge is 0.313 e. The molecule has 2 nitrogen and oxygen atoms in total. The summed E-state index contributed by atoms with van der Waals surface area (Å²) in [5, 5.41) is 3.39. The molecule has 0 radical (unpaired) electrons. The molecular weight excluding hydrogens is 232 g/mol. The number of nitrogens with zero attached hydrogens (tertiary/aromatic N) is 1. The quantitative estimate of drug-likeness (QED) is 0.874. The number of benzene rings is 1. The van der Waals surface area contributed by atoms with Gasteiger partial charge in [-0.05, 0) is 42.5 Å². The zero-order chi connectivity index (χ0) is 13.7. The third-order valence-corrected chi connectivity index (χ3v) is 4.39. The Hall–Kier alpha value is -0.860. The van der Waals surface area contributed by atoms with Crippen LogP contribution in [0.1, 0.15) is 38.3 Å². The van der Waals surface area contributed by atoms with E-state index in [1.807, 2.05) is 0 Å². The summed E-state index contributed by atoms with van der Waals surface area (Å²) in [6.45, 7) is 12.6. The first-order valence-corrected chi connectivity index (χ1v) is 7.70. The third kappa shape index (κ3) is 4.32. The summed E-state index contributed by atoms with van der Waals surface area (Å²) in [5.41, 5.74) is 2.86. The van der Waals surface area contributed by atoms with Crippen molar-refractivity contribution < 1.29 is 0 Å². The predicted octanol–water partition coefficient (Wildman–Crippen LogP) is 3.27. The highest BCUT2D eigenvalue weighted by Gasteiger charge is 2.22. The number of hydrogen-bond acceptors (Lipinski definition) is 2. The molecule has 2 heteroatoms. The molecule has 1 saturated heterocycles. The standard InChI is InChI=1S/C17H28N2/c1-4-18-11-16-6-5-7-17(10-16)13-19-9-8-14(2)15(3)12-19/h5-7,10,14-15,18H,4,8-9,11-13H2,1-3H3. The number of nitrogens with one attached hydrogen (secondary N) is 1. The molecule has 0 bridgehead atoms. The lowest BCUT2D eigenvalue weighted by Crippen LogP contribution is -2.37. The van der Waals surface area contributed by atoms with E-state index in [0.717, 1.165) is 31.5 Å². The average Bonchev–Trinajstić information content (AvgIpc) is 2.41. The summed E-state index contributed by atoms with van der Waals surface area (Å²) in [6.07, 6.45) is 1.35. The van der Waals surface area contributed by atoms with Gasteiger partial charge in [-0.3, -0.25) is 4.90 Å². The highest BCUT2D eigenvalue weighted by atomic mass is 15.1. The molecule has 1 N–H and O–H groups in total. The summed E-state index contributed by atoms with van der Waals surface area (Å²) in [4.78, 5) is 2.61. The molecule has 1 aromatic rings. The van der Waals surface area contributed by atoms with Crippen LogP contribution in [0.4, 0.5) is 0 Å². The average molecular weight is 260 g/mol. The molecule has 0 spiro atoms. The molecule has 0 aliphatic carbocycles. The smallest absolute Gasteiger partial charge is 0.0233 e. The fraction of sp³-hybridized carbons (Fsp3) is 0.647. The molecule has 1 fully saturated rings. The SMILES string of the molecule is CCNCc1cccc(CN2CCC(C)C(C)C2)c1. The molecule has 2 rings (SSSR count). The van der Waals surface area contributed by atoms with Crippen LogP contribution >= 0.6 is 0 Å². The molecular formula is C17H28N2. The van der Waals surface area contributed by atoms with Gasteiger partial charge in [0.1, 0.15) is 0 Å². The van der Waals surface area contributed by atoms with Crippen LogP contribution in [0.15, 0.2) is 24.3 Å². The Morgan fingerprint density at radius 3 is 2.74 bits per heavy atom. The van der Waals surface area contributed by atoms with Crippen molar-refractivity contribution in [1.29, 1.82) is 0 Å². The lowest BCUT2D eigenvalue weighted by molar-refractivity contribution is 0.132. The van der Waals surface area contributed by atoms with E-state index in [1.165, 1.54) is 30.6 Å². The molecule has 2 atom stereocenters. The summed E-state index contributed by atoms with van der Waals surface area (Å²) in [7, 11) is 0. The Morgan fingerprint density at radius 2 is 2.00 bits per heavy atom. The Balaban J connectivity index is 1.91. The van der Waals surface area contributed by atoms with Gasteiger partial charge in [0.25, 0.3) is 0 Å². The van der Waals surface area contributed by atoms with Gasteiger partial charge in [-0.1, -0.05) is 45.0 Å². The minimum absolute atomic E-state index is 0.832. The molecule has 1 heterocycles. The molecule has 1 aromatic carbocycles. The van der Waals surface area contributed by atoms with E-state index in [0.29, 0.717) is 0 Å². The number of hydrogen-bond donors (Lipinski definition) is 1. The molecule has 0 aromatic heterocycles. The van der Waals surface area contributed by atoms with Gasteiger partial charge in [-0.25, -0.2) is 0 Å². The Labute approximate surface area is 118 Å². The van der Waals surface area contributed by atoms with E-state index in [-0.39, 0.29) is 0 Å². The van der Waals surface area contributed by atoms with Gasteiger partial charge >= 0.3 is 0 Å². The van der Waals surface area contributed by atoms with Crippen LogP contribution in [0.25, 0.3) is 0 Å². The van der Waals surface area contributed by atoms with Crippen LogP contribution in [0.5, 0.6) is 0 Å². The van der Waals surface area contributed by atoms with Gasteiger partial charge in [0.2, 0.25) is 0 Å². The summed E-state index contributed by atoms with van der Waals surface area (Å²) in [5.74, 6) is 1.72. The van der Waals surface area contributed by atoms with E-state index in [2.05, 4.69) is 55.3 Å². The molecule has 0 amide bonds. The van der Waals surface area contributed by atoms with E-state index in [1.54, 1.807) is 0 Å². The van der Waals surface area contributed by atoms with E-state index in [4.69, 9.17) is 0 Å². The monoisotopic (exact) mass is 260 g/mol. The van der Waals surface area contributed by atoms with Gasteiger partial charge in [-0.2, -0.15) is 0 Å². The lowest BCUT2D eigenvalue weighted by atomic mass is 9.88. The van der Waals surface area contributed by atoms with Crippen molar-refractivity contribution in [3.8, 4) is 0 Å². The van der Waals surface area contributed by atoms with Crippen molar-refractivity contribution in [2.75, 3.05) is 19.6 Å². The summed E-state index contributed by atoms with van der Waals surface area (Å²) in [6, 6.07) is 9.02. The maximum Gasteiger partial charge on any atom is 0.0233 e. The highest BCUT2D eigenvalue weighted by molar-refractivity contribution is 5.23. The van der Waals surface area contributed by atoms with Crippen LogP contribution in [0.2, 0.25) is 0 Å². The van der Waals surface area contributed by atoms with Gasteiger partial charge in [0.05, 0.1) is 0 Å². The molecule has 19 heavy (non-hydrogen) atoms. The molecule has 0 saturated carbocycles. The zero-order valence-electron chi connectivity index (χ0n) is 12.7. The zero-order valence-corrected chi connectivity index (χ0v) is 12.7. The van der Waals surface area contributed by atoms with E-state index < -0.39 is 0 Å². The lowest BCUT2D eigenvalue weighted by Gasteiger charge is -2.35. The van der Waals surface area contributed by atoms with Crippen molar-refractivity contribution in [1.82, 2.24) is 10.2 Å². The molecule has 106 valence electrons. The molecule has 1 aliphatic heterocycles. The van der Waals surface area contributed by atoms with Crippen molar-refractivity contribution in [2.45, 2.75) is 40.3 Å². The van der Waals surface area contributed by atoms with Gasteiger partial charge in [0.15, 0.2) is 0 Å². The maximum absolute atomic E-state index is 3.39. The number of piperidine rings is 1. The second kappa shape index (κ2) is 7.06. The number of likely N-dealkylation sites (tertiary alicyclic amines) is 1. The van der Waals surface area contributed by atoms with E-state index >= 15 is 0 Å². The van der Waals surface area contributed by atoms with Crippen LogP contribution in [-0.4, -0.2) is 24.5 Å². The van der Waals surface area contributed by atoms with Crippen molar-refractivity contribution in [3.05, 3.63) is 35.4 Å². The second-order valence-electron chi connectivity index (χ2n) is 6.08. The first kappa shape index (κ1) is 14.5. The maximum atomic E-state index is 3.39. The first-order chi connectivity index (χ1) is 9.19. The predicted molar refractivity (Wildman–Crippen MR) is 82.0 cm³/mol. The Bertz CT molecular complexity index is 389. The van der Waals surface area contributed by atoms with Crippen molar-refractivity contribution >= 4 is 0 Å². The second-order valence-corrected chi connectivity index (χ2v) is 6.08. The highest BCUT2D eigenvalue weighted by Crippen LogP contribution is 2.23. The van der Waals surface area contributed by atoms with Crippen LogP contribution in [0, 0.1) is 11.8 Å². The fourth-order valence-corrected chi connectivity index (χ4v) is 2.86. The normalized spacial score (nSPS) is 24.6. The van der Waals surface area contributed by atoms with E-state index in [9.17, 15) is 0 Å². The number of rotatable bonds is 5. The third-order valence-electron chi connectivity index (χ3n) is 4.39. The van der Waals surface area contributed by atoms with Crippen molar-refractivity contribution in [3.63, 3.8) is 0 Å². The first-order valence-electron chi connectivity index (χ1n) is 7.70. The minimum atomic E-state index is 0.832. The Morgan fingerprint density at radius 1 is 1.21 bits per heavy atom. The Kier molecular flexibility index (Phi) is 5.41. The van der Waals surface area contributed by atoms with Gasteiger partial charge in [-0.15, -0.1) is 0 Å². The van der Waals surface area contributed by atoms with Crippen LogP contribution in [0.3, 0.4) is 0 Å². The van der Waals surface area contributed by atoms with Crippen LogP contribution in [-0.2, 0) is 13.1 Å². The van der Waals surface area contributed by atoms with Crippen LogP contribution < -0.4 is 5.32 Å². The van der Waals surface area contributed by atoms with Crippen molar-refractivity contribution in [2.24, 2.45) is 11.8 Å². The fourth-order valence-electron chi connectivity index (χ4n) is 2.86. The van der Waals surface area contributed by atoms with Gasteiger partial charge in [0, 0.05) is 19.6 Å². The summed E-state index contributed by atoms with van der Waals surface area (Å²) < 4.78 is 0. The molecule has 1 aliphatic rings. The summed E-state index contributed by atoms with van der Waals surface area (Å²) >= 11 is 0. The topological polar surface area (TPSA) is 15.3 Å².